The van der Waals surface area contributed by atoms with Crippen LogP contribution in [-0.4, -0.2) is 30.5 Å². The van der Waals surface area contributed by atoms with Gasteiger partial charge in [0.15, 0.2) is 0 Å². The normalized spacial score (nSPS) is 13.9. The molecule has 5 heteroatoms. The molecule has 1 rings (SSSR count). The molecule has 0 aliphatic rings. The van der Waals surface area contributed by atoms with Gasteiger partial charge in [0.1, 0.15) is 0 Å². The van der Waals surface area contributed by atoms with E-state index in [0.29, 0.717) is 10.2 Å². The van der Waals surface area contributed by atoms with E-state index >= 15 is 0 Å². The Morgan fingerprint density at radius 3 is 2.18 bits per heavy atom. The Bertz CT molecular complexity index is 454. The molecule has 0 aliphatic carbocycles. The summed E-state index contributed by atoms with van der Waals surface area (Å²) < 4.78 is 26.9. The van der Waals surface area contributed by atoms with Gasteiger partial charge >= 0.3 is 112 Å². The number of nitrogens with one attached hydrogen (secondary N) is 1. The van der Waals surface area contributed by atoms with E-state index in [1.54, 1.807) is 24.3 Å². The molecule has 17 heavy (non-hydrogen) atoms. The summed E-state index contributed by atoms with van der Waals surface area (Å²) in [5, 5.41) is 0.669. The minimum atomic E-state index is -3.40. The first-order valence-electron chi connectivity index (χ1n) is 5.54. The van der Waals surface area contributed by atoms with Crippen LogP contribution in [0, 0.1) is 12.8 Å². The zero-order valence-electron chi connectivity index (χ0n) is 10.3. The van der Waals surface area contributed by atoms with E-state index in [-0.39, 0.29) is 12.0 Å². The van der Waals surface area contributed by atoms with Gasteiger partial charge in [-0.15, -0.1) is 0 Å². The van der Waals surface area contributed by atoms with Crippen molar-refractivity contribution in [1.82, 2.24) is 4.72 Å². The standard InChI is InChI=1S/C12H18NO2SSe/c1-9(2)12(8-17)13-16(14,15)11-6-4-10(3)5-7-11/h4-7,9,12-13H,8H2,1-3H3/t12-/m1/s1. The Labute approximate surface area is 112 Å². The van der Waals surface area contributed by atoms with Crippen molar-refractivity contribution in [2.24, 2.45) is 5.92 Å². The summed E-state index contributed by atoms with van der Waals surface area (Å²) in [6.45, 7) is 5.93. The van der Waals surface area contributed by atoms with Gasteiger partial charge in [-0.2, -0.15) is 0 Å². The van der Waals surface area contributed by atoms with Gasteiger partial charge in [-0.1, -0.05) is 0 Å². The van der Waals surface area contributed by atoms with Gasteiger partial charge in [0.05, 0.1) is 0 Å². The van der Waals surface area contributed by atoms with Crippen molar-refractivity contribution in [3.8, 4) is 0 Å². The minimum absolute atomic E-state index is 0.0682. The Kier molecular flexibility index (Phi) is 5.20. The molecule has 0 saturated carbocycles. The third-order valence-electron chi connectivity index (χ3n) is 2.62. The molecule has 1 radical (unpaired) electrons. The van der Waals surface area contributed by atoms with Crippen molar-refractivity contribution in [3.05, 3.63) is 29.8 Å². The van der Waals surface area contributed by atoms with E-state index in [1.807, 2.05) is 20.8 Å². The van der Waals surface area contributed by atoms with E-state index in [1.165, 1.54) is 0 Å². The van der Waals surface area contributed by atoms with Gasteiger partial charge in [0.25, 0.3) is 0 Å². The molecule has 0 aliphatic heterocycles. The SMILES string of the molecule is Cc1ccc(S(=O)(=O)N[C@H](C[Se])C(C)C)cc1. The Hall–Kier alpha value is -0.351. The van der Waals surface area contributed by atoms with Crippen LogP contribution in [0.15, 0.2) is 29.2 Å². The van der Waals surface area contributed by atoms with Gasteiger partial charge in [-0.3, -0.25) is 0 Å². The van der Waals surface area contributed by atoms with Crippen LogP contribution in [0.25, 0.3) is 0 Å². The molecule has 3 nitrogen and oxygen atoms in total. The van der Waals surface area contributed by atoms with E-state index < -0.39 is 10.0 Å². The van der Waals surface area contributed by atoms with Crippen LogP contribution in [0.4, 0.5) is 0 Å². The maximum absolute atomic E-state index is 12.1. The molecule has 1 aromatic rings. The van der Waals surface area contributed by atoms with Crippen LogP contribution in [0.2, 0.25) is 5.32 Å². The molecule has 0 heterocycles. The van der Waals surface area contributed by atoms with Crippen molar-refractivity contribution < 1.29 is 8.42 Å². The molecular weight excluding hydrogens is 301 g/mol. The van der Waals surface area contributed by atoms with Crippen LogP contribution in [0.5, 0.6) is 0 Å². The molecule has 0 unspecified atom stereocenters. The van der Waals surface area contributed by atoms with Gasteiger partial charge in [-0.05, 0) is 0 Å². The summed E-state index contributed by atoms with van der Waals surface area (Å²) in [5.74, 6) is 0.261. The third-order valence-corrected chi connectivity index (χ3v) is 4.88. The number of aryl methyl sites for hydroxylation is 1. The first-order chi connectivity index (χ1) is 7.86. The topological polar surface area (TPSA) is 46.2 Å². The quantitative estimate of drug-likeness (QED) is 0.843. The summed E-state index contributed by atoms with van der Waals surface area (Å²) in [6, 6.07) is 6.80. The third kappa shape index (κ3) is 4.11. The zero-order chi connectivity index (χ0) is 13.1. The van der Waals surface area contributed by atoms with Gasteiger partial charge < -0.3 is 0 Å². The predicted octanol–water partition coefficient (Wildman–Crippen LogP) is 1.88. The average molecular weight is 319 g/mol. The summed E-state index contributed by atoms with van der Waals surface area (Å²) in [7, 11) is -3.40. The Morgan fingerprint density at radius 1 is 1.24 bits per heavy atom. The molecule has 0 spiro atoms. The predicted molar refractivity (Wildman–Crippen MR) is 70.7 cm³/mol. The first kappa shape index (κ1) is 14.7. The molecule has 1 atom stereocenters. The molecule has 0 amide bonds. The molecule has 0 saturated heterocycles. The maximum atomic E-state index is 12.1. The first-order valence-corrected chi connectivity index (χ1v) is 8.23. The van der Waals surface area contributed by atoms with E-state index in [9.17, 15) is 8.42 Å². The van der Waals surface area contributed by atoms with E-state index in [0.717, 1.165) is 5.56 Å². The molecule has 0 fully saturated rings. The van der Waals surface area contributed by atoms with Crippen molar-refractivity contribution in [2.45, 2.75) is 37.0 Å². The molecule has 0 bridgehead atoms. The number of sulfonamides is 1. The molecular formula is C12H18NO2SSe. The fraction of sp³-hybridized carbons (Fsp3) is 0.500. The number of benzene rings is 1. The van der Waals surface area contributed by atoms with Crippen LogP contribution in [0.1, 0.15) is 19.4 Å². The van der Waals surface area contributed by atoms with Crippen LogP contribution in [-0.2, 0) is 10.0 Å². The fourth-order valence-corrected chi connectivity index (χ4v) is 3.95. The monoisotopic (exact) mass is 320 g/mol. The second-order valence-electron chi connectivity index (χ2n) is 4.45. The summed E-state index contributed by atoms with van der Waals surface area (Å²) in [5.41, 5.74) is 1.05. The van der Waals surface area contributed by atoms with Crippen molar-refractivity contribution in [3.63, 3.8) is 0 Å². The van der Waals surface area contributed by atoms with Gasteiger partial charge in [-0.25, -0.2) is 0 Å². The molecule has 1 N–H and O–H groups in total. The molecule has 0 aromatic heterocycles. The van der Waals surface area contributed by atoms with E-state index in [4.69, 9.17) is 0 Å². The van der Waals surface area contributed by atoms with Crippen LogP contribution < -0.4 is 4.72 Å². The Balaban J connectivity index is 2.92. The molecule has 1 aromatic carbocycles. The molecule has 95 valence electrons. The zero-order valence-corrected chi connectivity index (χ0v) is 12.8. The van der Waals surface area contributed by atoms with Crippen LogP contribution >= 0.6 is 0 Å². The van der Waals surface area contributed by atoms with Gasteiger partial charge in [0, 0.05) is 0 Å². The average Bonchev–Trinajstić information content (AvgIpc) is 2.26. The number of rotatable bonds is 5. The Morgan fingerprint density at radius 2 is 1.76 bits per heavy atom. The van der Waals surface area contributed by atoms with Crippen molar-refractivity contribution >= 4 is 26.0 Å². The summed E-state index contributed by atoms with van der Waals surface area (Å²) in [4.78, 5) is 0.321. The van der Waals surface area contributed by atoms with Gasteiger partial charge in [0.2, 0.25) is 0 Å². The summed E-state index contributed by atoms with van der Waals surface area (Å²) in [6.07, 6.45) is 0. The van der Waals surface area contributed by atoms with Crippen LogP contribution in [0.3, 0.4) is 0 Å². The second kappa shape index (κ2) is 6.00. The van der Waals surface area contributed by atoms with Crippen molar-refractivity contribution in [1.29, 1.82) is 0 Å². The van der Waals surface area contributed by atoms with E-state index in [2.05, 4.69) is 20.7 Å². The fourth-order valence-electron chi connectivity index (χ4n) is 1.35. The summed E-state index contributed by atoms with van der Waals surface area (Å²) >= 11 is 2.88. The number of hydrogen-bond donors (Lipinski definition) is 1. The number of hydrogen-bond acceptors (Lipinski definition) is 2. The second-order valence-corrected chi connectivity index (χ2v) is 6.86. The van der Waals surface area contributed by atoms with Crippen molar-refractivity contribution in [2.75, 3.05) is 0 Å².